The molecule has 0 radical (unpaired) electrons. The molecule has 170 valence electrons. The molecule has 0 aliphatic carbocycles. The molecule has 2 heterocycles. The molecule has 1 fully saturated rings. The molecule has 4 rings (SSSR count). The number of benzene rings is 2. The molecule has 0 bridgehead atoms. The van der Waals surface area contributed by atoms with Crippen LogP contribution in [0.5, 0.6) is 0 Å². The average molecular weight is 466 g/mol. The van der Waals surface area contributed by atoms with Crippen LogP contribution in [-0.2, 0) is 21.4 Å². The molecule has 0 amide bonds. The molecule has 2 aromatic carbocycles. The van der Waals surface area contributed by atoms with Gasteiger partial charge in [0, 0.05) is 35.8 Å². The van der Waals surface area contributed by atoms with Crippen molar-refractivity contribution in [2.24, 2.45) is 0 Å². The molecular weight excluding hydrogens is 445 g/mol. The first-order valence-corrected chi connectivity index (χ1v) is 11.5. The summed E-state index contributed by atoms with van der Waals surface area (Å²) < 4.78 is 69.7. The first-order chi connectivity index (χ1) is 15.1. The lowest BCUT2D eigenvalue weighted by Crippen LogP contribution is -2.38. The van der Waals surface area contributed by atoms with Gasteiger partial charge in [-0.2, -0.15) is 4.31 Å². The first kappa shape index (κ1) is 22.3. The van der Waals surface area contributed by atoms with E-state index >= 15 is 0 Å². The van der Waals surface area contributed by atoms with E-state index in [1.165, 1.54) is 12.1 Å². The van der Waals surface area contributed by atoms with Gasteiger partial charge in [0.2, 0.25) is 10.0 Å². The number of carboxylic acids is 1. The van der Waals surface area contributed by atoms with E-state index in [1.807, 2.05) is 0 Å². The number of aromatic nitrogens is 1. The van der Waals surface area contributed by atoms with Gasteiger partial charge in [0.05, 0.1) is 0 Å². The van der Waals surface area contributed by atoms with Gasteiger partial charge >= 0.3 is 5.97 Å². The molecule has 0 spiro atoms. The molecule has 0 atom stereocenters. The highest BCUT2D eigenvalue weighted by Crippen LogP contribution is 2.39. The summed E-state index contributed by atoms with van der Waals surface area (Å²) in [6.07, 6.45) is 0.789. The number of carboxylic acid groups (broad SMARTS) is 1. The third-order valence-corrected chi connectivity index (χ3v) is 7.93. The molecule has 6 nitrogen and oxygen atoms in total. The van der Waals surface area contributed by atoms with E-state index in [1.54, 1.807) is 17.6 Å². The molecule has 1 N–H and O–H groups in total. The van der Waals surface area contributed by atoms with Gasteiger partial charge in [0.15, 0.2) is 0 Å². The SMILES string of the molecule is Cc1c(C2CCN(S(=O)(=O)c3ccc(F)cc3F)CC2)c2cc(F)ccc2n1CC(=O)O. The van der Waals surface area contributed by atoms with Crippen LogP contribution >= 0.6 is 0 Å². The van der Waals surface area contributed by atoms with Crippen molar-refractivity contribution in [2.45, 2.75) is 37.1 Å². The van der Waals surface area contributed by atoms with Gasteiger partial charge in [-0.05, 0) is 61.6 Å². The predicted molar refractivity (Wildman–Crippen MR) is 111 cm³/mol. The lowest BCUT2D eigenvalue weighted by atomic mass is 9.88. The summed E-state index contributed by atoms with van der Waals surface area (Å²) >= 11 is 0. The summed E-state index contributed by atoms with van der Waals surface area (Å²) in [5, 5.41) is 9.88. The average Bonchev–Trinajstić information content (AvgIpc) is 2.98. The summed E-state index contributed by atoms with van der Waals surface area (Å²) in [4.78, 5) is 10.8. The Kier molecular flexibility index (Phi) is 5.76. The standard InChI is InChI=1S/C22H21F3N2O4S/c1-13-22(17-10-15(23)2-4-19(17)27(13)12-21(28)29)14-6-8-26(9-7-14)32(30,31)20-5-3-16(24)11-18(20)25/h2-5,10-11,14H,6-9,12H2,1H3,(H,28,29). The lowest BCUT2D eigenvalue weighted by molar-refractivity contribution is -0.137. The number of hydrogen-bond acceptors (Lipinski definition) is 3. The van der Waals surface area contributed by atoms with Crippen LogP contribution in [0.2, 0.25) is 0 Å². The number of fused-ring (bicyclic) bond motifs is 1. The number of nitrogens with zero attached hydrogens (tertiary/aromatic N) is 2. The molecular formula is C22H21F3N2O4S. The van der Waals surface area contributed by atoms with Crippen LogP contribution in [-0.4, -0.2) is 41.5 Å². The number of sulfonamides is 1. The van der Waals surface area contributed by atoms with Crippen molar-refractivity contribution in [3.8, 4) is 0 Å². The monoisotopic (exact) mass is 466 g/mol. The lowest BCUT2D eigenvalue weighted by Gasteiger charge is -2.31. The zero-order chi connectivity index (χ0) is 23.2. The Morgan fingerprint density at radius 3 is 2.31 bits per heavy atom. The topological polar surface area (TPSA) is 79.6 Å². The Balaban J connectivity index is 1.64. The van der Waals surface area contributed by atoms with Crippen LogP contribution in [0, 0.1) is 24.4 Å². The Morgan fingerprint density at radius 2 is 1.69 bits per heavy atom. The highest BCUT2D eigenvalue weighted by atomic mass is 32.2. The van der Waals surface area contributed by atoms with Crippen molar-refractivity contribution in [1.29, 1.82) is 0 Å². The number of rotatable bonds is 5. The van der Waals surface area contributed by atoms with Crippen molar-refractivity contribution in [3.05, 3.63) is 65.1 Å². The largest absolute Gasteiger partial charge is 0.480 e. The van der Waals surface area contributed by atoms with Crippen molar-refractivity contribution < 1.29 is 31.5 Å². The van der Waals surface area contributed by atoms with Gasteiger partial charge in [-0.15, -0.1) is 0 Å². The quantitative estimate of drug-likeness (QED) is 0.616. The minimum absolute atomic E-state index is 0.101. The first-order valence-electron chi connectivity index (χ1n) is 10.0. The Morgan fingerprint density at radius 1 is 1.06 bits per heavy atom. The van der Waals surface area contributed by atoms with E-state index in [4.69, 9.17) is 0 Å². The van der Waals surface area contributed by atoms with E-state index in [2.05, 4.69) is 0 Å². The smallest absolute Gasteiger partial charge is 0.323 e. The van der Waals surface area contributed by atoms with Gasteiger partial charge < -0.3 is 9.67 Å². The van der Waals surface area contributed by atoms with E-state index in [-0.39, 0.29) is 25.6 Å². The van der Waals surface area contributed by atoms with Crippen molar-refractivity contribution in [1.82, 2.24) is 8.87 Å². The van der Waals surface area contributed by atoms with Gasteiger partial charge in [0.1, 0.15) is 28.9 Å². The summed E-state index contributed by atoms with van der Waals surface area (Å²) in [6, 6.07) is 6.54. The Labute approximate surface area is 182 Å². The van der Waals surface area contributed by atoms with Crippen molar-refractivity contribution >= 4 is 26.9 Å². The third kappa shape index (κ3) is 3.88. The normalized spacial score (nSPS) is 16.0. The summed E-state index contributed by atoms with van der Waals surface area (Å²) in [5.41, 5.74) is 2.09. The molecule has 1 aromatic heterocycles. The molecule has 10 heteroatoms. The zero-order valence-corrected chi connectivity index (χ0v) is 18.0. The van der Waals surface area contributed by atoms with Crippen molar-refractivity contribution in [3.63, 3.8) is 0 Å². The van der Waals surface area contributed by atoms with E-state index in [9.17, 15) is 31.5 Å². The zero-order valence-electron chi connectivity index (χ0n) is 17.2. The maximum atomic E-state index is 14.1. The Hall–Kier alpha value is -2.85. The second-order valence-electron chi connectivity index (χ2n) is 7.89. The van der Waals surface area contributed by atoms with Crippen LogP contribution in [0.15, 0.2) is 41.3 Å². The van der Waals surface area contributed by atoms with Crippen LogP contribution in [0.1, 0.15) is 30.0 Å². The fraction of sp³-hybridized carbons (Fsp3) is 0.318. The number of aliphatic carboxylic acids is 1. The molecule has 3 aromatic rings. The maximum Gasteiger partial charge on any atom is 0.323 e. The molecule has 1 saturated heterocycles. The predicted octanol–water partition coefficient (Wildman–Crippen LogP) is 4.02. The second kappa shape index (κ2) is 8.25. The Bertz CT molecular complexity index is 1310. The van der Waals surface area contributed by atoms with Crippen LogP contribution in [0.4, 0.5) is 13.2 Å². The van der Waals surface area contributed by atoms with Crippen molar-refractivity contribution in [2.75, 3.05) is 13.1 Å². The molecule has 1 aliphatic heterocycles. The highest BCUT2D eigenvalue weighted by Gasteiger charge is 2.33. The highest BCUT2D eigenvalue weighted by molar-refractivity contribution is 7.89. The number of carbonyl (C=O) groups is 1. The number of piperidine rings is 1. The fourth-order valence-electron chi connectivity index (χ4n) is 4.54. The summed E-state index contributed by atoms with van der Waals surface area (Å²) in [5.74, 6) is -3.60. The number of hydrogen-bond donors (Lipinski definition) is 1. The summed E-state index contributed by atoms with van der Waals surface area (Å²) in [6.45, 7) is 1.70. The van der Waals surface area contributed by atoms with Gasteiger partial charge in [-0.25, -0.2) is 21.6 Å². The van der Waals surface area contributed by atoms with Gasteiger partial charge in [-0.3, -0.25) is 4.79 Å². The maximum absolute atomic E-state index is 14.1. The minimum atomic E-state index is -4.14. The van der Waals surface area contributed by atoms with E-state index < -0.39 is 38.3 Å². The minimum Gasteiger partial charge on any atom is -0.480 e. The fourth-order valence-corrected chi connectivity index (χ4v) is 6.06. The second-order valence-corrected chi connectivity index (χ2v) is 9.80. The number of halogens is 3. The summed E-state index contributed by atoms with van der Waals surface area (Å²) in [7, 11) is -4.14. The van der Waals surface area contributed by atoms with Gasteiger partial charge in [0.25, 0.3) is 0 Å². The van der Waals surface area contributed by atoms with E-state index in [0.717, 1.165) is 22.0 Å². The van der Waals surface area contributed by atoms with E-state index in [0.29, 0.717) is 35.5 Å². The molecule has 0 saturated carbocycles. The van der Waals surface area contributed by atoms with Crippen LogP contribution in [0.25, 0.3) is 10.9 Å². The molecule has 32 heavy (non-hydrogen) atoms. The van der Waals surface area contributed by atoms with Crippen LogP contribution < -0.4 is 0 Å². The third-order valence-electron chi connectivity index (χ3n) is 6.00. The molecule has 1 aliphatic rings. The van der Waals surface area contributed by atoms with Crippen LogP contribution in [0.3, 0.4) is 0 Å². The molecule has 0 unspecified atom stereocenters. The van der Waals surface area contributed by atoms with Gasteiger partial charge in [-0.1, -0.05) is 0 Å².